The predicted octanol–water partition coefficient (Wildman–Crippen LogP) is 1.35. The fourth-order valence-electron chi connectivity index (χ4n) is 3.41. The predicted molar refractivity (Wildman–Crippen MR) is 92.2 cm³/mol. The van der Waals surface area contributed by atoms with Crippen LogP contribution in [-0.4, -0.2) is 67.5 Å². The largest absolute Gasteiger partial charge is 0.494 e. The normalized spacial score (nSPS) is 23.6. The van der Waals surface area contributed by atoms with Gasteiger partial charge in [-0.05, 0) is 51.2 Å². The summed E-state index contributed by atoms with van der Waals surface area (Å²) in [6, 6.07) is 6.83. The molecule has 0 radical (unpaired) electrons. The van der Waals surface area contributed by atoms with Crippen molar-refractivity contribution in [1.29, 1.82) is 0 Å². The molecule has 0 bridgehead atoms. The van der Waals surface area contributed by atoms with Gasteiger partial charge in [-0.2, -0.15) is 0 Å². The van der Waals surface area contributed by atoms with E-state index in [-0.39, 0.29) is 24.3 Å². The first kappa shape index (κ1) is 16.9. The van der Waals surface area contributed by atoms with Gasteiger partial charge in [0.15, 0.2) is 0 Å². The highest BCUT2D eigenvalue weighted by Crippen LogP contribution is 2.27. The molecule has 24 heavy (non-hydrogen) atoms. The third kappa shape index (κ3) is 3.44. The van der Waals surface area contributed by atoms with Gasteiger partial charge in [-0.25, -0.2) is 4.90 Å². The van der Waals surface area contributed by atoms with Crippen LogP contribution in [0.5, 0.6) is 5.75 Å². The molecule has 1 aromatic rings. The molecule has 0 N–H and O–H groups in total. The summed E-state index contributed by atoms with van der Waals surface area (Å²) in [5, 5.41) is 0. The number of benzene rings is 1. The van der Waals surface area contributed by atoms with Crippen LogP contribution in [0.4, 0.5) is 5.69 Å². The molecule has 2 saturated heterocycles. The number of rotatable bonds is 4. The maximum Gasteiger partial charge on any atom is 0.251 e. The molecule has 1 aromatic carbocycles. The molecule has 2 heterocycles. The van der Waals surface area contributed by atoms with Gasteiger partial charge < -0.3 is 9.64 Å². The zero-order chi connectivity index (χ0) is 17.1. The van der Waals surface area contributed by atoms with Gasteiger partial charge in [0.25, 0.3) is 5.91 Å². The van der Waals surface area contributed by atoms with Crippen LogP contribution in [0.2, 0.25) is 0 Å². The second-order valence-electron chi connectivity index (χ2n) is 6.41. The minimum atomic E-state index is -0.324. The second-order valence-corrected chi connectivity index (χ2v) is 6.41. The van der Waals surface area contributed by atoms with Crippen molar-refractivity contribution >= 4 is 17.5 Å². The Morgan fingerprint density at radius 3 is 2.54 bits per heavy atom. The number of amides is 2. The Hall–Kier alpha value is -1.92. The van der Waals surface area contributed by atoms with Crippen LogP contribution in [0.15, 0.2) is 24.3 Å². The van der Waals surface area contributed by atoms with E-state index in [0.29, 0.717) is 12.3 Å². The summed E-state index contributed by atoms with van der Waals surface area (Å²) >= 11 is 0. The van der Waals surface area contributed by atoms with Gasteiger partial charge in [-0.3, -0.25) is 14.5 Å². The van der Waals surface area contributed by atoms with Crippen molar-refractivity contribution in [2.75, 3.05) is 44.7 Å². The van der Waals surface area contributed by atoms with E-state index in [1.54, 1.807) is 24.3 Å². The van der Waals surface area contributed by atoms with Crippen LogP contribution in [0.3, 0.4) is 0 Å². The number of hydrogen-bond acceptors (Lipinski definition) is 5. The number of hydrogen-bond donors (Lipinski definition) is 0. The maximum absolute atomic E-state index is 12.8. The van der Waals surface area contributed by atoms with E-state index in [4.69, 9.17) is 4.74 Å². The highest BCUT2D eigenvalue weighted by atomic mass is 16.5. The summed E-state index contributed by atoms with van der Waals surface area (Å²) in [6.45, 7) is 6.18. The summed E-state index contributed by atoms with van der Waals surface area (Å²) < 4.78 is 5.42. The maximum atomic E-state index is 12.8. The lowest BCUT2D eigenvalue weighted by Crippen LogP contribution is -2.43. The van der Waals surface area contributed by atoms with Crippen molar-refractivity contribution in [1.82, 2.24) is 9.80 Å². The quantitative estimate of drug-likeness (QED) is 0.780. The molecular weight excluding hydrogens is 306 g/mol. The zero-order valence-corrected chi connectivity index (χ0v) is 14.4. The molecule has 0 aliphatic carbocycles. The lowest BCUT2D eigenvalue weighted by molar-refractivity contribution is -0.122. The molecular formula is C18H25N3O3. The van der Waals surface area contributed by atoms with Gasteiger partial charge in [-0.1, -0.05) is 0 Å². The Labute approximate surface area is 143 Å². The van der Waals surface area contributed by atoms with Crippen LogP contribution in [0.1, 0.15) is 19.8 Å². The van der Waals surface area contributed by atoms with E-state index in [2.05, 4.69) is 16.8 Å². The zero-order valence-electron chi connectivity index (χ0n) is 14.4. The van der Waals surface area contributed by atoms with Crippen molar-refractivity contribution in [2.45, 2.75) is 25.8 Å². The summed E-state index contributed by atoms with van der Waals surface area (Å²) in [6.07, 6.45) is 1.30. The smallest absolute Gasteiger partial charge is 0.251 e. The van der Waals surface area contributed by atoms with Crippen LogP contribution in [0, 0.1) is 0 Å². The molecule has 6 nitrogen and oxygen atoms in total. The van der Waals surface area contributed by atoms with Crippen molar-refractivity contribution in [3.8, 4) is 5.75 Å². The minimum absolute atomic E-state index is 0.103. The van der Waals surface area contributed by atoms with E-state index < -0.39 is 0 Å². The van der Waals surface area contributed by atoms with Crippen molar-refractivity contribution < 1.29 is 14.3 Å². The van der Waals surface area contributed by atoms with E-state index >= 15 is 0 Å². The monoisotopic (exact) mass is 331 g/mol. The Morgan fingerprint density at radius 1 is 1.08 bits per heavy atom. The Bertz CT molecular complexity index is 602. The van der Waals surface area contributed by atoms with Crippen LogP contribution in [-0.2, 0) is 9.59 Å². The van der Waals surface area contributed by atoms with Crippen molar-refractivity contribution in [3.05, 3.63) is 24.3 Å². The Kier molecular flexibility index (Phi) is 5.16. The molecule has 2 aliphatic rings. The Morgan fingerprint density at radius 2 is 1.83 bits per heavy atom. The van der Waals surface area contributed by atoms with Crippen molar-refractivity contribution in [2.24, 2.45) is 0 Å². The molecule has 0 spiro atoms. The van der Waals surface area contributed by atoms with E-state index in [1.807, 2.05) is 6.92 Å². The summed E-state index contributed by atoms with van der Waals surface area (Å²) in [5.41, 5.74) is 0.628. The number of likely N-dealkylation sites (N-methyl/N-ethyl adjacent to an activating group) is 1. The number of nitrogens with zero attached hydrogens (tertiary/aromatic N) is 3. The number of imide groups is 1. The standard InChI is InChI=1S/C18H25N3O3/c1-3-24-15-7-5-14(6-8-15)21-17(22)13-16(18(21)23)20-10-4-9-19(2)11-12-20/h5-8,16H,3-4,9-13H2,1-2H3/t16-/m1/s1. The molecule has 6 heteroatoms. The van der Waals surface area contributed by atoms with Crippen LogP contribution in [0.25, 0.3) is 0 Å². The third-order valence-electron chi connectivity index (χ3n) is 4.72. The van der Waals surface area contributed by atoms with Gasteiger partial charge in [0.05, 0.1) is 24.8 Å². The number of ether oxygens (including phenoxy) is 1. The van der Waals surface area contributed by atoms with Gasteiger partial charge >= 0.3 is 0 Å². The lowest BCUT2D eigenvalue weighted by atomic mass is 10.2. The third-order valence-corrected chi connectivity index (χ3v) is 4.72. The second kappa shape index (κ2) is 7.32. The fraction of sp³-hybridized carbons (Fsp3) is 0.556. The SMILES string of the molecule is CCOc1ccc(N2C(=O)C[C@@H](N3CCCN(C)CC3)C2=O)cc1. The highest BCUT2D eigenvalue weighted by Gasteiger charge is 2.42. The molecule has 0 saturated carbocycles. The minimum Gasteiger partial charge on any atom is -0.494 e. The molecule has 2 fully saturated rings. The average Bonchev–Trinajstić information content (AvgIpc) is 2.73. The fourth-order valence-corrected chi connectivity index (χ4v) is 3.41. The first-order valence-electron chi connectivity index (χ1n) is 8.62. The molecule has 0 aromatic heterocycles. The van der Waals surface area contributed by atoms with E-state index in [1.165, 1.54) is 4.90 Å². The van der Waals surface area contributed by atoms with Crippen molar-refractivity contribution in [3.63, 3.8) is 0 Å². The average molecular weight is 331 g/mol. The van der Waals surface area contributed by atoms with Crippen LogP contribution >= 0.6 is 0 Å². The Balaban J connectivity index is 1.73. The first-order chi connectivity index (χ1) is 11.6. The first-order valence-corrected chi connectivity index (χ1v) is 8.62. The summed E-state index contributed by atoms with van der Waals surface area (Å²) in [5.74, 6) is 0.521. The van der Waals surface area contributed by atoms with Gasteiger partial charge in [0.1, 0.15) is 5.75 Å². The van der Waals surface area contributed by atoms with E-state index in [0.717, 1.165) is 38.3 Å². The van der Waals surface area contributed by atoms with Gasteiger partial charge in [-0.15, -0.1) is 0 Å². The number of anilines is 1. The summed E-state index contributed by atoms with van der Waals surface area (Å²) in [7, 11) is 2.09. The molecule has 2 amide bonds. The van der Waals surface area contributed by atoms with Gasteiger partial charge in [0.2, 0.25) is 5.91 Å². The molecule has 130 valence electrons. The highest BCUT2D eigenvalue weighted by molar-refractivity contribution is 6.22. The van der Waals surface area contributed by atoms with Crippen LogP contribution < -0.4 is 9.64 Å². The van der Waals surface area contributed by atoms with E-state index in [9.17, 15) is 9.59 Å². The lowest BCUT2D eigenvalue weighted by Gasteiger charge is -2.25. The molecule has 3 rings (SSSR count). The molecule has 2 aliphatic heterocycles. The molecule has 0 unspecified atom stereocenters. The summed E-state index contributed by atoms with van der Waals surface area (Å²) in [4.78, 5) is 31.0. The molecule has 1 atom stereocenters. The number of carbonyl (C=O) groups excluding carboxylic acids is 2. The van der Waals surface area contributed by atoms with Gasteiger partial charge in [0, 0.05) is 19.6 Å². The topological polar surface area (TPSA) is 53.1 Å². The number of carbonyl (C=O) groups is 2.